The summed E-state index contributed by atoms with van der Waals surface area (Å²) in [4.78, 5) is 25.7. The summed E-state index contributed by atoms with van der Waals surface area (Å²) in [6, 6.07) is 12.9. The number of para-hydroxylation sites is 1. The molecule has 1 atom stereocenters. The van der Waals surface area contributed by atoms with Crippen molar-refractivity contribution in [2.24, 2.45) is 0 Å². The molecule has 0 amide bonds. The summed E-state index contributed by atoms with van der Waals surface area (Å²) in [7, 11) is -2.48. The fraction of sp³-hybridized carbons (Fsp3) is 0.273. The molecule has 2 aromatic carbocycles. The van der Waals surface area contributed by atoms with Gasteiger partial charge < -0.3 is 4.74 Å². The van der Waals surface area contributed by atoms with E-state index in [0.717, 1.165) is 16.1 Å². The zero-order chi connectivity index (χ0) is 22.1. The minimum Gasteiger partial charge on any atom is -0.465 e. The van der Waals surface area contributed by atoms with Crippen LogP contribution in [0, 0.1) is 6.92 Å². The number of aromatic nitrogens is 1. The molecule has 0 aliphatic heterocycles. The van der Waals surface area contributed by atoms with Gasteiger partial charge in [0.2, 0.25) is 10.0 Å². The van der Waals surface area contributed by atoms with Crippen molar-refractivity contribution < 1.29 is 22.7 Å². The third-order valence-corrected chi connectivity index (χ3v) is 6.14. The van der Waals surface area contributed by atoms with Crippen molar-refractivity contribution >= 4 is 38.5 Å². The van der Waals surface area contributed by atoms with E-state index >= 15 is 0 Å². The van der Waals surface area contributed by atoms with Gasteiger partial charge in [-0.1, -0.05) is 42.8 Å². The zero-order valence-corrected chi connectivity index (χ0v) is 18.1. The number of hydrogen-bond donors (Lipinski definition) is 0. The molecule has 3 aromatic rings. The first-order valence-electron chi connectivity index (χ1n) is 9.47. The maximum atomic E-state index is 13.5. The lowest BCUT2D eigenvalue weighted by atomic mass is 10.1. The fourth-order valence-corrected chi connectivity index (χ4v) is 4.74. The van der Waals surface area contributed by atoms with E-state index in [9.17, 15) is 18.0 Å². The lowest BCUT2D eigenvalue weighted by molar-refractivity contribution is 0.0603. The lowest BCUT2D eigenvalue weighted by Gasteiger charge is -2.30. The van der Waals surface area contributed by atoms with E-state index in [4.69, 9.17) is 4.74 Å². The van der Waals surface area contributed by atoms with Gasteiger partial charge >= 0.3 is 5.97 Å². The average Bonchev–Trinajstić information content (AvgIpc) is 3.10. The summed E-state index contributed by atoms with van der Waals surface area (Å²) in [6.45, 7) is 3.65. The molecule has 7 nitrogen and oxygen atoms in total. The summed E-state index contributed by atoms with van der Waals surface area (Å²) in [6.07, 6.45) is 2.74. The molecule has 8 heteroatoms. The van der Waals surface area contributed by atoms with Gasteiger partial charge in [-0.05, 0) is 31.5 Å². The SMILES string of the molecule is CC[C@@H](C(=O)n1cc(C(=O)OC)c2ccccc21)N(c1ccc(C)cc1)S(C)(=O)=O. The minimum absolute atomic E-state index is 0.248. The van der Waals surface area contributed by atoms with E-state index < -0.39 is 27.9 Å². The molecule has 0 radical (unpaired) electrons. The third-order valence-electron chi connectivity index (χ3n) is 4.96. The topological polar surface area (TPSA) is 85.7 Å². The van der Waals surface area contributed by atoms with Crippen LogP contribution in [0.4, 0.5) is 5.69 Å². The van der Waals surface area contributed by atoms with Crippen LogP contribution < -0.4 is 4.31 Å². The molecule has 0 unspecified atom stereocenters. The first kappa shape index (κ1) is 21.6. The monoisotopic (exact) mass is 428 g/mol. The molecule has 0 aliphatic rings. The second kappa shape index (κ2) is 8.31. The quantitative estimate of drug-likeness (QED) is 0.560. The van der Waals surface area contributed by atoms with E-state index in [2.05, 4.69) is 0 Å². The van der Waals surface area contributed by atoms with E-state index in [0.29, 0.717) is 16.6 Å². The van der Waals surface area contributed by atoms with Crippen LogP contribution in [0.1, 0.15) is 34.1 Å². The predicted octanol–water partition coefficient (Wildman–Crippen LogP) is 3.62. The highest BCUT2D eigenvalue weighted by atomic mass is 32.2. The van der Waals surface area contributed by atoms with Crippen LogP contribution >= 0.6 is 0 Å². The number of fused-ring (bicyclic) bond motifs is 1. The van der Waals surface area contributed by atoms with Gasteiger partial charge in [0.15, 0.2) is 0 Å². The first-order chi connectivity index (χ1) is 14.2. The molecule has 0 saturated heterocycles. The van der Waals surface area contributed by atoms with Gasteiger partial charge in [-0.2, -0.15) is 0 Å². The van der Waals surface area contributed by atoms with Crippen molar-refractivity contribution in [2.75, 3.05) is 17.7 Å². The maximum absolute atomic E-state index is 13.5. The van der Waals surface area contributed by atoms with Crippen molar-refractivity contribution in [1.29, 1.82) is 0 Å². The van der Waals surface area contributed by atoms with Crippen molar-refractivity contribution in [3.63, 3.8) is 0 Å². The molecular formula is C22H24N2O5S. The second-order valence-electron chi connectivity index (χ2n) is 7.08. The highest BCUT2D eigenvalue weighted by Gasteiger charge is 2.33. The Morgan fingerprint density at radius 1 is 1.10 bits per heavy atom. The number of methoxy groups -OCH3 is 1. The zero-order valence-electron chi connectivity index (χ0n) is 17.3. The van der Waals surface area contributed by atoms with Crippen LogP contribution in [-0.4, -0.2) is 44.3 Å². The Hall–Kier alpha value is -3.13. The Labute approximate surface area is 175 Å². The Morgan fingerprint density at radius 3 is 2.30 bits per heavy atom. The number of carbonyl (C=O) groups is 2. The predicted molar refractivity (Wildman–Crippen MR) is 116 cm³/mol. The molecule has 0 fully saturated rings. The van der Waals surface area contributed by atoms with Gasteiger partial charge in [0, 0.05) is 11.6 Å². The lowest BCUT2D eigenvalue weighted by Crippen LogP contribution is -2.46. The van der Waals surface area contributed by atoms with Gasteiger partial charge in [-0.25, -0.2) is 13.2 Å². The molecule has 0 bridgehead atoms. The molecule has 0 N–H and O–H groups in total. The maximum Gasteiger partial charge on any atom is 0.340 e. The second-order valence-corrected chi connectivity index (χ2v) is 8.94. The molecule has 1 aromatic heterocycles. The van der Waals surface area contributed by atoms with Crippen molar-refractivity contribution in [3.05, 3.63) is 65.9 Å². The van der Waals surface area contributed by atoms with E-state index in [1.807, 2.05) is 6.92 Å². The number of ether oxygens (including phenoxy) is 1. The summed E-state index contributed by atoms with van der Waals surface area (Å²) in [5, 5.41) is 0.564. The molecule has 30 heavy (non-hydrogen) atoms. The number of hydrogen-bond acceptors (Lipinski definition) is 5. The fourth-order valence-electron chi connectivity index (χ4n) is 3.53. The smallest absolute Gasteiger partial charge is 0.340 e. The highest BCUT2D eigenvalue weighted by Crippen LogP contribution is 2.27. The Bertz CT molecular complexity index is 1200. The Morgan fingerprint density at radius 2 is 1.73 bits per heavy atom. The number of anilines is 1. The van der Waals surface area contributed by atoms with Gasteiger partial charge in [0.05, 0.1) is 30.1 Å². The number of esters is 1. The van der Waals surface area contributed by atoms with Crippen LogP contribution in [-0.2, 0) is 14.8 Å². The summed E-state index contributed by atoms with van der Waals surface area (Å²) in [5.74, 6) is -1.01. The van der Waals surface area contributed by atoms with Crippen LogP contribution in [0.5, 0.6) is 0 Å². The molecule has 0 aliphatic carbocycles. The molecular weight excluding hydrogens is 404 g/mol. The number of sulfonamides is 1. The molecule has 1 heterocycles. The van der Waals surface area contributed by atoms with Crippen molar-refractivity contribution in [3.8, 4) is 0 Å². The number of rotatable bonds is 6. The minimum atomic E-state index is -3.76. The standard InChI is InChI=1S/C22H24N2O5S/c1-5-19(24(30(4,27)28)16-12-10-15(2)11-13-16)21(25)23-14-18(22(26)29-3)17-8-6-7-9-20(17)23/h6-14,19H,5H2,1-4H3/t19-/m0/s1. The van der Waals surface area contributed by atoms with Crippen LogP contribution in [0.25, 0.3) is 10.9 Å². The molecule has 3 rings (SSSR count). The van der Waals surface area contributed by atoms with Gasteiger partial charge in [0.1, 0.15) is 6.04 Å². The third kappa shape index (κ3) is 3.95. The normalized spacial score (nSPS) is 12.5. The van der Waals surface area contributed by atoms with Crippen LogP contribution in [0.2, 0.25) is 0 Å². The number of benzene rings is 2. The molecule has 0 spiro atoms. The van der Waals surface area contributed by atoms with Crippen molar-refractivity contribution in [1.82, 2.24) is 4.57 Å². The largest absolute Gasteiger partial charge is 0.465 e. The van der Waals surface area contributed by atoms with Crippen LogP contribution in [0.15, 0.2) is 54.7 Å². The average molecular weight is 429 g/mol. The van der Waals surface area contributed by atoms with E-state index in [1.165, 1.54) is 17.9 Å². The van der Waals surface area contributed by atoms with Gasteiger partial charge in [-0.3, -0.25) is 13.7 Å². The Balaban J connectivity index is 2.16. The summed E-state index contributed by atoms with van der Waals surface area (Å²) < 4.78 is 32.6. The summed E-state index contributed by atoms with van der Waals surface area (Å²) >= 11 is 0. The first-order valence-corrected chi connectivity index (χ1v) is 11.3. The Kier molecular flexibility index (Phi) is 5.98. The summed E-state index contributed by atoms with van der Waals surface area (Å²) in [5.41, 5.74) is 2.15. The van der Waals surface area contributed by atoms with E-state index in [1.54, 1.807) is 55.5 Å². The molecule has 0 saturated carbocycles. The van der Waals surface area contributed by atoms with Crippen molar-refractivity contribution in [2.45, 2.75) is 26.3 Å². The number of carbonyl (C=O) groups excluding carboxylic acids is 2. The van der Waals surface area contributed by atoms with Gasteiger partial charge in [-0.15, -0.1) is 0 Å². The highest BCUT2D eigenvalue weighted by molar-refractivity contribution is 7.92. The number of nitrogens with zero attached hydrogens (tertiary/aromatic N) is 2. The van der Waals surface area contributed by atoms with Crippen LogP contribution in [0.3, 0.4) is 0 Å². The molecule has 158 valence electrons. The van der Waals surface area contributed by atoms with E-state index in [-0.39, 0.29) is 12.0 Å². The van der Waals surface area contributed by atoms with Gasteiger partial charge in [0.25, 0.3) is 5.91 Å². The number of aryl methyl sites for hydroxylation is 1.